The summed E-state index contributed by atoms with van der Waals surface area (Å²) in [6.07, 6.45) is 2.56. The summed E-state index contributed by atoms with van der Waals surface area (Å²) in [5.74, 6) is -2.21. The number of carboxylic acids is 1. The molecule has 0 spiro atoms. The van der Waals surface area contributed by atoms with Crippen molar-refractivity contribution < 1.29 is 23.9 Å². The Bertz CT molecular complexity index is 782. The molecule has 1 aromatic heterocycles. The maximum atomic E-state index is 12.3. The highest BCUT2D eigenvalue weighted by molar-refractivity contribution is 6.30. The van der Waals surface area contributed by atoms with E-state index in [1.54, 1.807) is 30.3 Å². The standard InChI is InChI=1S/C17H15ClN2O5/c18-12-5-3-11(4-6-12)10-13(16(23)19-8-7-15(21)22)20-17(24)14-2-1-9-25-14/h1-6,9-10H,7-8H2,(H,19,23)(H,20,24)(H,21,22)/b13-10+. The molecule has 0 bridgehead atoms. The van der Waals surface area contributed by atoms with Gasteiger partial charge in [-0.1, -0.05) is 23.7 Å². The van der Waals surface area contributed by atoms with Gasteiger partial charge in [-0.2, -0.15) is 0 Å². The third kappa shape index (κ3) is 5.82. The fourth-order valence-corrected chi connectivity index (χ4v) is 1.98. The van der Waals surface area contributed by atoms with Crippen LogP contribution < -0.4 is 10.6 Å². The van der Waals surface area contributed by atoms with Crippen LogP contribution >= 0.6 is 11.6 Å². The van der Waals surface area contributed by atoms with Gasteiger partial charge in [-0.3, -0.25) is 14.4 Å². The summed E-state index contributed by atoms with van der Waals surface area (Å²) in [6.45, 7) is -0.0667. The SMILES string of the molecule is O=C(O)CCNC(=O)/C(=C\c1ccc(Cl)cc1)NC(=O)c1ccco1. The number of furan rings is 1. The number of aliphatic carboxylic acids is 1. The van der Waals surface area contributed by atoms with E-state index < -0.39 is 17.8 Å². The van der Waals surface area contributed by atoms with Crippen molar-refractivity contribution >= 4 is 35.5 Å². The average molecular weight is 363 g/mol. The minimum absolute atomic E-state index is 0.0420. The molecular weight excluding hydrogens is 348 g/mol. The van der Waals surface area contributed by atoms with Gasteiger partial charge in [0.05, 0.1) is 12.7 Å². The lowest BCUT2D eigenvalue weighted by Gasteiger charge is -2.10. The molecule has 0 radical (unpaired) electrons. The molecule has 25 heavy (non-hydrogen) atoms. The van der Waals surface area contributed by atoms with Crippen LogP contribution in [0.2, 0.25) is 5.02 Å². The molecule has 0 aliphatic heterocycles. The Labute approximate surface area is 148 Å². The molecule has 3 N–H and O–H groups in total. The van der Waals surface area contributed by atoms with Crippen molar-refractivity contribution in [3.63, 3.8) is 0 Å². The van der Waals surface area contributed by atoms with Crippen molar-refractivity contribution in [1.82, 2.24) is 10.6 Å². The van der Waals surface area contributed by atoms with Gasteiger partial charge in [-0.25, -0.2) is 0 Å². The van der Waals surface area contributed by atoms with Gasteiger partial charge < -0.3 is 20.2 Å². The molecule has 0 aliphatic carbocycles. The van der Waals surface area contributed by atoms with E-state index >= 15 is 0 Å². The highest BCUT2D eigenvalue weighted by atomic mass is 35.5. The molecular formula is C17H15ClN2O5. The van der Waals surface area contributed by atoms with Gasteiger partial charge in [-0.15, -0.1) is 0 Å². The number of carbonyl (C=O) groups excluding carboxylic acids is 2. The molecule has 0 saturated heterocycles. The van der Waals surface area contributed by atoms with Crippen LogP contribution in [0.1, 0.15) is 22.5 Å². The van der Waals surface area contributed by atoms with Crippen molar-refractivity contribution in [2.24, 2.45) is 0 Å². The van der Waals surface area contributed by atoms with Crippen molar-refractivity contribution in [3.8, 4) is 0 Å². The zero-order valence-electron chi connectivity index (χ0n) is 13.0. The van der Waals surface area contributed by atoms with Crippen LogP contribution in [0.4, 0.5) is 0 Å². The number of carbonyl (C=O) groups is 3. The van der Waals surface area contributed by atoms with Crippen LogP contribution in [0.5, 0.6) is 0 Å². The Morgan fingerprint density at radius 2 is 1.88 bits per heavy atom. The minimum Gasteiger partial charge on any atom is -0.481 e. The lowest BCUT2D eigenvalue weighted by molar-refractivity contribution is -0.136. The number of nitrogens with one attached hydrogen (secondary N) is 2. The smallest absolute Gasteiger partial charge is 0.305 e. The Morgan fingerprint density at radius 1 is 1.16 bits per heavy atom. The first-order chi connectivity index (χ1) is 12.0. The quantitative estimate of drug-likeness (QED) is 0.655. The monoisotopic (exact) mass is 362 g/mol. The molecule has 1 aromatic carbocycles. The molecule has 0 aliphatic rings. The summed E-state index contributed by atoms with van der Waals surface area (Å²) < 4.78 is 4.99. The molecule has 1 heterocycles. The van der Waals surface area contributed by atoms with Gasteiger partial charge >= 0.3 is 5.97 Å². The predicted octanol–water partition coefficient (Wildman–Crippen LogP) is 2.29. The molecule has 0 atom stereocenters. The van der Waals surface area contributed by atoms with Crippen LogP contribution in [0, 0.1) is 0 Å². The molecule has 130 valence electrons. The number of rotatable bonds is 7. The van der Waals surface area contributed by atoms with E-state index in [9.17, 15) is 14.4 Å². The van der Waals surface area contributed by atoms with Crippen LogP contribution in [-0.4, -0.2) is 29.4 Å². The van der Waals surface area contributed by atoms with E-state index in [4.69, 9.17) is 21.1 Å². The van der Waals surface area contributed by atoms with Crippen molar-refractivity contribution in [2.45, 2.75) is 6.42 Å². The number of carboxylic acid groups (broad SMARTS) is 1. The van der Waals surface area contributed by atoms with Gasteiger partial charge in [0.1, 0.15) is 5.70 Å². The van der Waals surface area contributed by atoms with Crippen LogP contribution in [-0.2, 0) is 9.59 Å². The lowest BCUT2D eigenvalue weighted by Crippen LogP contribution is -2.35. The van der Waals surface area contributed by atoms with E-state index in [0.717, 1.165) is 0 Å². The molecule has 2 rings (SSSR count). The largest absolute Gasteiger partial charge is 0.481 e. The van der Waals surface area contributed by atoms with Crippen molar-refractivity contribution in [2.75, 3.05) is 6.54 Å². The van der Waals surface area contributed by atoms with E-state index in [1.807, 2.05) is 0 Å². The highest BCUT2D eigenvalue weighted by Crippen LogP contribution is 2.12. The summed E-state index contributed by atoms with van der Waals surface area (Å²) in [6, 6.07) is 9.63. The Balaban J connectivity index is 2.17. The predicted molar refractivity (Wildman–Crippen MR) is 90.9 cm³/mol. The third-order valence-corrected chi connectivity index (χ3v) is 3.30. The maximum absolute atomic E-state index is 12.3. The summed E-state index contributed by atoms with van der Waals surface area (Å²) in [4.78, 5) is 34.9. The van der Waals surface area contributed by atoms with E-state index in [1.165, 1.54) is 18.4 Å². The fourth-order valence-electron chi connectivity index (χ4n) is 1.85. The van der Waals surface area contributed by atoms with Gasteiger partial charge in [0.2, 0.25) is 0 Å². The van der Waals surface area contributed by atoms with Gasteiger partial charge in [0, 0.05) is 11.6 Å². The number of amides is 2. The second kappa shape index (κ2) is 8.70. The number of halogens is 1. The Hall–Kier alpha value is -3.06. The molecule has 0 fully saturated rings. The third-order valence-electron chi connectivity index (χ3n) is 3.04. The molecule has 2 aromatic rings. The summed E-state index contributed by atoms with van der Waals surface area (Å²) in [5, 5.41) is 14.1. The van der Waals surface area contributed by atoms with Crippen molar-refractivity contribution in [1.29, 1.82) is 0 Å². The summed E-state index contributed by atoms with van der Waals surface area (Å²) in [7, 11) is 0. The minimum atomic E-state index is -1.04. The van der Waals surface area contributed by atoms with Crippen LogP contribution in [0.15, 0.2) is 52.8 Å². The van der Waals surface area contributed by atoms with Gasteiger partial charge in [-0.05, 0) is 35.9 Å². The van der Waals surface area contributed by atoms with E-state index in [2.05, 4.69) is 10.6 Å². The van der Waals surface area contributed by atoms with E-state index in [0.29, 0.717) is 10.6 Å². The number of hydrogen-bond acceptors (Lipinski definition) is 4. The normalized spacial score (nSPS) is 11.0. The van der Waals surface area contributed by atoms with Crippen LogP contribution in [0.25, 0.3) is 6.08 Å². The molecule has 0 unspecified atom stereocenters. The Kier molecular flexibility index (Phi) is 6.36. The number of hydrogen-bond donors (Lipinski definition) is 3. The maximum Gasteiger partial charge on any atom is 0.305 e. The second-order valence-electron chi connectivity index (χ2n) is 4.94. The first kappa shape index (κ1) is 18.3. The van der Waals surface area contributed by atoms with Gasteiger partial charge in [0.25, 0.3) is 11.8 Å². The number of benzene rings is 1. The highest BCUT2D eigenvalue weighted by Gasteiger charge is 2.16. The first-order valence-corrected chi connectivity index (χ1v) is 7.65. The fraction of sp³-hybridized carbons (Fsp3) is 0.118. The zero-order valence-corrected chi connectivity index (χ0v) is 13.7. The topological polar surface area (TPSA) is 109 Å². The summed E-state index contributed by atoms with van der Waals surface area (Å²) >= 11 is 5.82. The van der Waals surface area contributed by atoms with Crippen LogP contribution in [0.3, 0.4) is 0 Å². The first-order valence-electron chi connectivity index (χ1n) is 7.28. The molecule has 8 heteroatoms. The second-order valence-corrected chi connectivity index (χ2v) is 5.38. The summed E-state index contributed by atoms with van der Waals surface area (Å²) in [5.41, 5.74) is 0.585. The van der Waals surface area contributed by atoms with Crippen molar-refractivity contribution in [3.05, 3.63) is 64.7 Å². The lowest BCUT2D eigenvalue weighted by atomic mass is 10.2. The Morgan fingerprint density at radius 3 is 2.48 bits per heavy atom. The molecule has 0 saturated carbocycles. The average Bonchev–Trinajstić information content (AvgIpc) is 3.10. The van der Waals surface area contributed by atoms with Gasteiger partial charge in [0.15, 0.2) is 5.76 Å². The zero-order chi connectivity index (χ0) is 18.2. The molecule has 7 nitrogen and oxygen atoms in total. The van der Waals surface area contributed by atoms with E-state index in [-0.39, 0.29) is 24.4 Å². The molecule has 2 amide bonds.